The fraction of sp³-hybridized carbons (Fsp3) is 0.400. The van der Waals surface area contributed by atoms with Crippen molar-refractivity contribution in [1.29, 1.82) is 0 Å². The molecule has 0 radical (unpaired) electrons. The first-order valence-electron chi connectivity index (χ1n) is 4.96. The quantitative estimate of drug-likeness (QED) is 0.770. The summed E-state index contributed by atoms with van der Waals surface area (Å²) in [7, 11) is -3.33. The molecule has 2 rings (SSSR count). The number of hydrogen-bond donors (Lipinski definition) is 2. The molecule has 0 spiro atoms. The van der Waals surface area contributed by atoms with Gasteiger partial charge in [0.1, 0.15) is 0 Å². The smallest absolute Gasteiger partial charge is 0.306 e. The molecule has 4 nitrogen and oxygen atoms in total. The van der Waals surface area contributed by atoms with Crippen molar-refractivity contribution in [3.8, 4) is 0 Å². The maximum Gasteiger partial charge on any atom is 0.335 e. The van der Waals surface area contributed by atoms with E-state index in [-0.39, 0.29) is 5.92 Å². The standard InChI is InChI=1S/C10H15N2O2P/c11-15(12,13)14-7-9-6-5-8-3-1-2-4-10(8)9/h1-4,9H,5-7H2,(H4,11,12,13). The molecule has 5 heteroatoms. The van der Waals surface area contributed by atoms with Gasteiger partial charge in [-0.3, -0.25) is 4.57 Å². The van der Waals surface area contributed by atoms with E-state index >= 15 is 0 Å². The molecule has 0 saturated carbocycles. The van der Waals surface area contributed by atoms with Gasteiger partial charge in [0.25, 0.3) is 0 Å². The van der Waals surface area contributed by atoms with Crippen LogP contribution in [0.1, 0.15) is 23.5 Å². The average Bonchev–Trinajstić information content (AvgIpc) is 2.57. The van der Waals surface area contributed by atoms with Crippen molar-refractivity contribution in [1.82, 2.24) is 0 Å². The molecule has 1 unspecified atom stereocenters. The van der Waals surface area contributed by atoms with E-state index in [0.717, 1.165) is 12.8 Å². The molecule has 1 aliphatic rings. The molecule has 0 bridgehead atoms. The molecule has 15 heavy (non-hydrogen) atoms. The fourth-order valence-corrected chi connectivity index (χ4v) is 2.44. The Morgan fingerprint density at radius 3 is 2.87 bits per heavy atom. The number of hydrogen-bond acceptors (Lipinski definition) is 2. The average molecular weight is 226 g/mol. The number of benzene rings is 1. The summed E-state index contributed by atoms with van der Waals surface area (Å²) in [6, 6.07) is 8.22. The molecular weight excluding hydrogens is 211 g/mol. The van der Waals surface area contributed by atoms with Crippen LogP contribution in [0.3, 0.4) is 0 Å². The Morgan fingerprint density at radius 1 is 1.40 bits per heavy atom. The zero-order valence-electron chi connectivity index (χ0n) is 8.43. The lowest BCUT2D eigenvalue weighted by atomic mass is 10.0. The molecule has 1 aromatic carbocycles. The molecule has 0 fully saturated rings. The van der Waals surface area contributed by atoms with Gasteiger partial charge in [-0.2, -0.15) is 0 Å². The molecule has 1 aromatic rings. The van der Waals surface area contributed by atoms with Gasteiger partial charge in [0.05, 0.1) is 6.61 Å². The Kier molecular flexibility index (Phi) is 2.94. The first-order valence-corrected chi connectivity index (χ1v) is 6.72. The van der Waals surface area contributed by atoms with Crippen LogP contribution in [0.4, 0.5) is 0 Å². The van der Waals surface area contributed by atoms with Gasteiger partial charge in [-0.1, -0.05) is 24.3 Å². The lowest BCUT2D eigenvalue weighted by Crippen LogP contribution is -2.12. The largest absolute Gasteiger partial charge is 0.335 e. The lowest BCUT2D eigenvalue weighted by molar-refractivity contribution is 0.286. The Hall–Kier alpha value is -0.670. The summed E-state index contributed by atoms with van der Waals surface area (Å²) < 4.78 is 16.0. The number of nitrogens with two attached hydrogens (primary N) is 2. The molecule has 82 valence electrons. The third kappa shape index (κ3) is 2.67. The van der Waals surface area contributed by atoms with Gasteiger partial charge >= 0.3 is 7.67 Å². The van der Waals surface area contributed by atoms with Crippen molar-refractivity contribution in [2.75, 3.05) is 6.61 Å². The van der Waals surface area contributed by atoms with E-state index in [1.54, 1.807) is 0 Å². The van der Waals surface area contributed by atoms with E-state index in [4.69, 9.17) is 15.5 Å². The monoisotopic (exact) mass is 226 g/mol. The summed E-state index contributed by atoms with van der Waals surface area (Å²) in [5.74, 6) is 0.279. The van der Waals surface area contributed by atoms with E-state index in [0.29, 0.717) is 6.61 Å². The second-order valence-corrected chi connectivity index (χ2v) is 5.42. The zero-order valence-corrected chi connectivity index (χ0v) is 9.32. The van der Waals surface area contributed by atoms with E-state index < -0.39 is 7.67 Å². The van der Waals surface area contributed by atoms with Gasteiger partial charge in [-0.25, -0.2) is 11.0 Å². The van der Waals surface area contributed by atoms with E-state index in [2.05, 4.69) is 12.1 Å². The lowest BCUT2D eigenvalue weighted by Gasteiger charge is -2.13. The predicted molar refractivity (Wildman–Crippen MR) is 59.4 cm³/mol. The van der Waals surface area contributed by atoms with Crippen LogP contribution in [0.15, 0.2) is 24.3 Å². The fourth-order valence-electron chi connectivity index (χ4n) is 2.02. The highest BCUT2D eigenvalue weighted by Crippen LogP contribution is 2.36. The Morgan fingerprint density at radius 2 is 2.13 bits per heavy atom. The van der Waals surface area contributed by atoms with Crippen LogP contribution in [0, 0.1) is 0 Å². The highest BCUT2D eigenvalue weighted by atomic mass is 31.2. The highest BCUT2D eigenvalue weighted by Gasteiger charge is 2.23. The first-order chi connectivity index (χ1) is 7.06. The van der Waals surface area contributed by atoms with Crippen molar-refractivity contribution in [3.05, 3.63) is 35.4 Å². The summed E-state index contributed by atoms with van der Waals surface area (Å²) in [5, 5.41) is 0. The molecule has 1 atom stereocenters. The maximum absolute atomic E-state index is 11.0. The van der Waals surface area contributed by atoms with Gasteiger partial charge in [0, 0.05) is 5.92 Å². The minimum Gasteiger partial charge on any atom is -0.306 e. The van der Waals surface area contributed by atoms with E-state index in [1.165, 1.54) is 11.1 Å². The predicted octanol–water partition coefficient (Wildman–Crippen LogP) is 1.76. The normalized spacial score (nSPS) is 20.3. The van der Waals surface area contributed by atoms with E-state index in [1.807, 2.05) is 12.1 Å². The van der Waals surface area contributed by atoms with Gasteiger partial charge in [0.2, 0.25) is 0 Å². The number of rotatable bonds is 3. The second kappa shape index (κ2) is 4.06. The van der Waals surface area contributed by atoms with Crippen molar-refractivity contribution in [2.45, 2.75) is 18.8 Å². The molecule has 0 saturated heterocycles. The summed E-state index contributed by atoms with van der Waals surface area (Å²) >= 11 is 0. The molecule has 0 heterocycles. The van der Waals surface area contributed by atoms with Crippen LogP contribution in [0.25, 0.3) is 0 Å². The van der Waals surface area contributed by atoms with Crippen LogP contribution < -0.4 is 11.0 Å². The van der Waals surface area contributed by atoms with E-state index in [9.17, 15) is 4.57 Å². The molecule has 4 N–H and O–H groups in total. The molecular formula is C10H15N2O2P. The summed E-state index contributed by atoms with van der Waals surface area (Å²) in [6.45, 7) is 0.349. The number of fused-ring (bicyclic) bond motifs is 1. The van der Waals surface area contributed by atoms with Gasteiger partial charge in [-0.15, -0.1) is 0 Å². The molecule has 0 aliphatic heterocycles. The topological polar surface area (TPSA) is 78.3 Å². The molecule has 0 aromatic heterocycles. The Labute approximate surface area is 89.2 Å². The second-order valence-electron chi connectivity index (χ2n) is 3.88. The van der Waals surface area contributed by atoms with Crippen molar-refractivity contribution in [3.63, 3.8) is 0 Å². The zero-order chi connectivity index (χ0) is 10.9. The van der Waals surface area contributed by atoms with Crippen LogP contribution in [0.5, 0.6) is 0 Å². The Bertz CT molecular complexity index is 402. The first kappa shape index (κ1) is 10.8. The summed E-state index contributed by atoms with van der Waals surface area (Å²) in [4.78, 5) is 0. The van der Waals surface area contributed by atoms with Crippen LogP contribution in [-0.2, 0) is 15.5 Å². The van der Waals surface area contributed by atoms with Crippen LogP contribution in [-0.4, -0.2) is 6.61 Å². The van der Waals surface area contributed by atoms with Crippen LogP contribution >= 0.6 is 7.67 Å². The van der Waals surface area contributed by atoms with Gasteiger partial charge in [-0.05, 0) is 24.0 Å². The Balaban J connectivity index is 2.05. The SMILES string of the molecule is NP(N)(=O)OCC1CCc2ccccc21. The third-order valence-electron chi connectivity index (χ3n) is 2.73. The van der Waals surface area contributed by atoms with Crippen LogP contribution in [0.2, 0.25) is 0 Å². The van der Waals surface area contributed by atoms with Gasteiger partial charge in [0.15, 0.2) is 0 Å². The summed E-state index contributed by atoms with van der Waals surface area (Å²) in [5.41, 5.74) is 12.9. The summed E-state index contributed by atoms with van der Waals surface area (Å²) in [6.07, 6.45) is 2.06. The number of aryl methyl sites for hydroxylation is 1. The third-order valence-corrected chi connectivity index (χ3v) is 3.29. The van der Waals surface area contributed by atoms with Crippen molar-refractivity contribution in [2.24, 2.45) is 11.0 Å². The minimum absolute atomic E-state index is 0.279. The highest BCUT2D eigenvalue weighted by molar-refractivity contribution is 7.53. The maximum atomic E-state index is 11.0. The van der Waals surface area contributed by atoms with Crippen molar-refractivity contribution < 1.29 is 9.09 Å². The van der Waals surface area contributed by atoms with Gasteiger partial charge < -0.3 is 4.52 Å². The van der Waals surface area contributed by atoms with Crippen molar-refractivity contribution >= 4 is 7.67 Å². The molecule has 1 aliphatic carbocycles. The molecule has 0 amide bonds. The minimum atomic E-state index is -3.33.